The minimum Gasteiger partial charge on any atom is -0.329 e. The van der Waals surface area contributed by atoms with E-state index in [-0.39, 0.29) is 0 Å². The van der Waals surface area contributed by atoms with Crippen LogP contribution in [0.3, 0.4) is 0 Å². The van der Waals surface area contributed by atoms with Gasteiger partial charge in [0.15, 0.2) is 5.13 Å². The first-order valence-electron chi connectivity index (χ1n) is 3.98. The Morgan fingerprint density at radius 3 is 2.73 bits per heavy atom. The molecule has 0 bridgehead atoms. The molecule has 0 unspecified atom stereocenters. The monoisotopic (exact) mass is 262 g/mol. The van der Waals surface area contributed by atoms with Crippen LogP contribution in [-0.4, -0.2) is 4.98 Å². The Balaban J connectivity index is 2.24. The van der Waals surface area contributed by atoms with Gasteiger partial charge < -0.3 is 5.32 Å². The summed E-state index contributed by atoms with van der Waals surface area (Å²) in [5.74, 6) is -0.422. The molecule has 0 radical (unpaired) electrons. The number of anilines is 2. The van der Waals surface area contributed by atoms with Gasteiger partial charge in [0.1, 0.15) is 11.0 Å². The maximum atomic E-state index is 13.3. The summed E-state index contributed by atoms with van der Waals surface area (Å²) in [4.78, 5) is 3.94. The molecule has 0 spiro atoms. The summed E-state index contributed by atoms with van der Waals surface area (Å²) in [6.07, 6.45) is 0. The lowest BCUT2D eigenvalue weighted by Crippen LogP contribution is -1.92. The average molecular weight is 263 g/mol. The maximum absolute atomic E-state index is 13.3. The summed E-state index contributed by atoms with van der Waals surface area (Å²) >= 11 is 12.6. The third-order valence-electron chi connectivity index (χ3n) is 1.65. The summed E-state index contributed by atoms with van der Waals surface area (Å²) in [6, 6.07) is 4.38. The van der Waals surface area contributed by atoms with Crippen LogP contribution in [0.15, 0.2) is 23.6 Å². The van der Waals surface area contributed by atoms with Crippen molar-refractivity contribution in [2.24, 2.45) is 0 Å². The molecule has 15 heavy (non-hydrogen) atoms. The van der Waals surface area contributed by atoms with Gasteiger partial charge in [0.05, 0.1) is 5.69 Å². The van der Waals surface area contributed by atoms with Crippen LogP contribution in [0.5, 0.6) is 0 Å². The number of rotatable bonds is 2. The second kappa shape index (κ2) is 4.35. The third-order valence-corrected chi connectivity index (χ3v) is 2.96. The van der Waals surface area contributed by atoms with Gasteiger partial charge in [-0.2, -0.15) is 0 Å². The van der Waals surface area contributed by atoms with Gasteiger partial charge in [0.25, 0.3) is 0 Å². The predicted molar refractivity (Wildman–Crippen MR) is 61.8 cm³/mol. The number of halogens is 3. The Labute approximate surface area is 99.7 Å². The van der Waals surface area contributed by atoms with E-state index < -0.39 is 5.82 Å². The number of aromatic nitrogens is 1. The molecule has 0 aliphatic carbocycles. The van der Waals surface area contributed by atoms with Crippen LogP contribution in [0.1, 0.15) is 0 Å². The zero-order valence-electron chi connectivity index (χ0n) is 7.30. The van der Waals surface area contributed by atoms with Crippen molar-refractivity contribution in [1.82, 2.24) is 4.98 Å². The summed E-state index contributed by atoms with van der Waals surface area (Å²) in [7, 11) is 0. The molecule has 1 heterocycles. The van der Waals surface area contributed by atoms with E-state index in [0.717, 1.165) is 0 Å². The van der Waals surface area contributed by atoms with Crippen LogP contribution in [0.4, 0.5) is 15.2 Å². The highest BCUT2D eigenvalue weighted by atomic mass is 35.5. The van der Waals surface area contributed by atoms with Crippen LogP contribution < -0.4 is 5.32 Å². The highest BCUT2D eigenvalue weighted by Gasteiger charge is 2.05. The predicted octanol–water partition coefficient (Wildman–Crippen LogP) is 4.33. The Morgan fingerprint density at radius 2 is 2.13 bits per heavy atom. The highest BCUT2D eigenvalue weighted by molar-refractivity contribution is 7.14. The molecular weight excluding hydrogens is 258 g/mol. The van der Waals surface area contributed by atoms with Gasteiger partial charge in [0.2, 0.25) is 0 Å². The molecule has 1 aromatic carbocycles. The summed E-state index contributed by atoms with van der Waals surface area (Å²) < 4.78 is 13.3. The van der Waals surface area contributed by atoms with Crippen molar-refractivity contribution in [3.8, 4) is 0 Å². The second-order valence-electron chi connectivity index (χ2n) is 2.72. The van der Waals surface area contributed by atoms with Gasteiger partial charge in [-0.15, -0.1) is 11.3 Å². The van der Waals surface area contributed by atoms with Gasteiger partial charge in [0, 0.05) is 10.4 Å². The van der Waals surface area contributed by atoms with Gasteiger partial charge in [-0.25, -0.2) is 9.37 Å². The first kappa shape index (κ1) is 10.7. The van der Waals surface area contributed by atoms with Gasteiger partial charge >= 0.3 is 0 Å². The van der Waals surface area contributed by atoms with E-state index in [2.05, 4.69) is 10.3 Å². The molecule has 2 rings (SSSR count). The van der Waals surface area contributed by atoms with Crippen molar-refractivity contribution >= 4 is 45.4 Å². The fraction of sp³-hybridized carbons (Fsp3) is 0. The van der Waals surface area contributed by atoms with Crippen molar-refractivity contribution in [1.29, 1.82) is 0 Å². The zero-order valence-corrected chi connectivity index (χ0v) is 9.63. The fourth-order valence-electron chi connectivity index (χ4n) is 1.02. The number of nitrogens with one attached hydrogen (secondary N) is 1. The number of thiazole rings is 1. The molecule has 6 heteroatoms. The molecule has 1 aromatic heterocycles. The number of nitrogens with zero attached hydrogens (tertiary/aromatic N) is 1. The lowest BCUT2D eigenvalue weighted by atomic mass is 10.3. The molecule has 0 atom stereocenters. The highest BCUT2D eigenvalue weighted by Crippen LogP contribution is 2.26. The van der Waals surface area contributed by atoms with Gasteiger partial charge in [-0.1, -0.05) is 23.2 Å². The van der Waals surface area contributed by atoms with Crippen LogP contribution in [-0.2, 0) is 0 Å². The second-order valence-corrected chi connectivity index (χ2v) is 4.41. The van der Waals surface area contributed by atoms with Gasteiger partial charge in [-0.3, -0.25) is 0 Å². The van der Waals surface area contributed by atoms with Crippen molar-refractivity contribution in [3.05, 3.63) is 39.6 Å². The lowest BCUT2D eigenvalue weighted by Gasteiger charge is -2.03. The maximum Gasteiger partial charge on any atom is 0.188 e. The van der Waals surface area contributed by atoms with E-state index >= 15 is 0 Å². The Bertz CT molecular complexity index is 487. The minimum atomic E-state index is -0.422. The number of hydrogen-bond acceptors (Lipinski definition) is 3. The van der Waals surface area contributed by atoms with E-state index in [1.165, 1.54) is 17.4 Å². The molecular formula is C9H5Cl2FN2S. The Hall–Kier alpha value is -0.840. The molecule has 2 nitrogen and oxygen atoms in total. The molecule has 0 amide bonds. The number of benzene rings is 1. The van der Waals surface area contributed by atoms with Crippen molar-refractivity contribution in [2.45, 2.75) is 0 Å². The van der Waals surface area contributed by atoms with Crippen LogP contribution in [0, 0.1) is 5.82 Å². The SMILES string of the molecule is Fc1cc(Cl)ccc1Nc1nc(Cl)cs1. The summed E-state index contributed by atoms with van der Waals surface area (Å²) in [5, 5.41) is 5.76. The molecule has 0 aliphatic rings. The van der Waals surface area contributed by atoms with Crippen LogP contribution >= 0.6 is 34.5 Å². The summed E-state index contributed by atoms with van der Waals surface area (Å²) in [6.45, 7) is 0. The molecule has 1 N–H and O–H groups in total. The van der Waals surface area contributed by atoms with Gasteiger partial charge in [-0.05, 0) is 18.2 Å². The molecule has 0 aliphatic heterocycles. The van der Waals surface area contributed by atoms with Crippen LogP contribution in [0.25, 0.3) is 0 Å². The topological polar surface area (TPSA) is 24.9 Å². The van der Waals surface area contributed by atoms with Crippen molar-refractivity contribution in [2.75, 3.05) is 5.32 Å². The standard InChI is InChI=1S/C9H5Cl2FN2S/c10-5-1-2-7(6(12)3-5)13-9-14-8(11)4-15-9/h1-4H,(H,13,14). The smallest absolute Gasteiger partial charge is 0.188 e. The first-order chi connectivity index (χ1) is 7.15. The molecule has 78 valence electrons. The molecule has 0 saturated carbocycles. The summed E-state index contributed by atoms with van der Waals surface area (Å²) in [5.41, 5.74) is 0.324. The van der Waals surface area contributed by atoms with E-state index in [9.17, 15) is 4.39 Å². The van der Waals surface area contributed by atoms with E-state index in [1.54, 1.807) is 17.5 Å². The minimum absolute atomic E-state index is 0.324. The average Bonchev–Trinajstić information content (AvgIpc) is 2.56. The van der Waals surface area contributed by atoms with Crippen molar-refractivity contribution in [3.63, 3.8) is 0 Å². The molecule has 0 saturated heterocycles. The van der Waals surface area contributed by atoms with E-state index in [1.807, 2.05) is 0 Å². The first-order valence-corrected chi connectivity index (χ1v) is 5.62. The Morgan fingerprint density at radius 1 is 1.33 bits per heavy atom. The molecule has 2 aromatic rings. The number of hydrogen-bond donors (Lipinski definition) is 1. The Kier molecular flexibility index (Phi) is 3.09. The normalized spacial score (nSPS) is 10.3. The lowest BCUT2D eigenvalue weighted by molar-refractivity contribution is 0.632. The van der Waals surface area contributed by atoms with Crippen molar-refractivity contribution < 1.29 is 4.39 Å². The molecule has 0 fully saturated rings. The largest absolute Gasteiger partial charge is 0.329 e. The van der Waals surface area contributed by atoms with E-state index in [4.69, 9.17) is 23.2 Å². The zero-order chi connectivity index (χ0) is 10.8. The quantitative estimate of drug-likeness (QED) is 0.872. The van der Waals surface area contributed by atoms with E-state index in [0.29, 0.717) is 21.0 Å². The van der Waals surface area contributed by atoms with Crippen LogP contribution in [0.2, 0.25) is 10.2 Å². The third kappa shape index (κ3) is 2.59. The fourth-order valence-corrected chi connectivity index (χ4v) is 2.03.